The number of hydrogen-bond acceptors (Lipinski definition) is 6. The molecule has 1 aliphatic rings. The summed E-state index contributed by atoms with van der Waals surface area (Å²) in [5, 5.41) is 0. The minimum atomic E-state index is -0.903. The summed E-state index contributed by atoms with van der Waals surface area (Å²) in [5.74, 6) is -0.387. The van der Waals surface area contributed by atoms with E-state index in [0.717, 1.165) is 22.3 Å². The van der Waals surface area contributed by atoms with Crippen molar-refractivity contribution < 1.29 is 9.18 Å². The van der Waals surface area contributed by atoms with Gasteiger partial charge in [0.2, 0.25) is 0 Å². The molecule has 1 atom stereocenters. The predicted molar refractivity (Wildman–Crippen MR) is 146 cm³/mol. The number of aliphatic imine (C=N–C) groups is 1. The van der Waals surface area contributed by atoms with Crippen molar-refractivity contribution in [3.8, 4) is 0 Å². The summed E-state index contributed by atoms with van der Waals surface area (Å²) in [5.41, 5.74) is 10.7. The molecule has 1 aliphatic carbocycles. The second-order valence-electron chi connectivity index (χ2n) is 8.96. The molecule has 2 aromatic carbocycles. The molecule has 0 fully saturated rings. The number of thiol groups is 1. The van der Waals surface area contributed by atoms with E-state index >= 15 is 0 Å². The molecule has 36 heavy (non-hydrogen) atoms. The summed E-state index contributed by atoms with van der Waals surface area (Å²) >= 11 is 4.19. The van der Waals surface area contributed by atoms with E-state index in [0.29, 0.717) is 42.9 Å². The van der Waals surface area contributed by atoms with Gasteiger partial charge in [-0.25, -0.2) is 9.38 Å². The van der Waals surface area contributed by atoms with Gasteiger partial charge in [-0.2, -0.15) is 0 Å². The van der Waals surface area contributed by atoms with Crippen molar-refractivity contribution in [3.63, 3.8) is 0 Å². The van der Waals surface area contributed by atoms with E-state index < -0.39 is 5.41 Å². The van der Waals surface area contributed by atoms with Crippen LogP contribution in [0.2, 0.25) is 0 Å². The number of rotatable bonds is 8. The van der Waals surface area contributed by atoms with Crippen LogP contribution in [0.3, 0.4) is 0 Å². The average molecular weight is 501 g/mol. The maximum atomic E-state index is 14.3. The van der Waals surface area contributed by atoms with Gasteiger partial charge < -0.3 is 5.73 Å². The number of hydrogen-bond donors (Lipinski definition) is 3. The number of pyridine rings is 1. The zero-order valence-corrected chi connectivity index (χ0v) is 21.0. The topological polar surface area (TPSA) is 80.4 Å². The second-order valence-corrected chi connectivity index (χ2v) is 9.28. The molecule has 0 amide bonds. The normalized spacial score (nSPS) is 19.9. The lowest BCUT2D eigenvalue weighted by molar-refractivity contribution is 0.0827. The molecular formula is C29H29FN4OS. The SMILES string of the molecule is Cc1cccc(CC2(C(=O)c3ccccn3)CC(=CN)C(=Nc3ccc(F)cc3)C=C2CCNS)c1. The van der Waals surface area contributed by atoms with E-state index in [1.54, 1.807) is 30.5 Å². The van der Waals surface area contributed by atoms with Crippen LogP contribution in [0.5, 0.6) is 0 Å². The molecule has 3 aromatic rings. The van der Waals surface area contributed by atoms with Crippen molar-refractivity contribution >= 4 is 30.0 Å². The number of allylic oxidation sites excluding steroid dienone is 2. The lowest BCUT2D eigenvalue weighted by Gasteiger charge is -2.39. The van der Waals surface area contributed by atoms with Crippen LogP contribution in [0.4, 0.5) is 10.1 Å². The average Bonchev–Trinajstić information content (AvgIpc) is 2.89. The van der Waals surface area contributed by atoms with Gasteiger partial charge in [0.25, 0.3) is 0 Å². The van der Waals surface area contributed by atoms with Crippen LogP contribution < -0.4 is 10.5 Å². The minimum absolute atomic E-state index is 0.0600. The first-order valence-electron chi connectivity index (χ1n) is 11.8. The number of nitrogens with one attached hydrogen (secondary N) is 1. The second kappa shape index (κ2) is 11.5. The van der Waals surface area contributed by atoms with Crippen molar-refractivity contribution in [2.45, 2.75) is 26.2 Å². The fourth-order valence-corrected chi connectivity index (χ4v) is 4.84. The van der Waals surface area contributed by atoms with Crippen LogP contribution in [0.15, 0.2) is 101 Å². The van der Waals surface area contributed by atoms with Crippen LogP contribution in [0.25, 0.3) is 0 Å². The monoisotopic (exact) mass is 500 g/mol. The van der Waals surface area contributed by atoms with Crippen LogP contribution >= 0.6 is 12.8 Å². The Morgan fingerprint density at radius 2 is 2.00 bits per heavy atom. The lowest BCUT2D eigenvalue weighted by atomic mass is 9.63. The van der Waals surface area contributed by atoms with E-state index in [1.165, 1.54) is 18.3 Å². The molecule has 5 nitrogen and oxygen atoms in total. The number of Topliss-reactive ketones (excluding diaryl/α,β-unsaturated/α-hetero) is 1. The van der Waals surface area contributed by atoms with E-state index in [1.807, 2.05) is 37.3 Å². The number of carbonyl (C=O) groups excluding carboxylic acids is 1. The Kier molecular flexibility index (Phi) is 8.13. The molecule has 0 spiro atoms. The third-order valence-electron chi connectivity index (χ3n) is 6.45. The number of carbonyl (C=O) groups is 1. The van der Waals surface area contributed by atoms with Crippen molar-refractivity contribution in [2.75, 3.05) is 6.54 Å². The van der Waals surface area contributed by atoms with Gasteiger partial charge in [-0.3, -0.25) is 14.5 Å². The molecule has 4 rings (SSSR count). The molecule has 1 unspecified atom stereocenters. The van der Waals surface area contributed by atoms with Gasteiger partial charge in [-0.15, -0.1) is 0 Å². The quantitative estimate of drug-likeness (QED) is 0.273. The fourth-order valence-electron chi connectivity index (χ4n) is 4.73. The summed E-state index contributed by atoms with van der Waals surface area (Å²) in [7, 11) is 0. The van der Waals surface area contributed by atoms with Gasteiger partial charge in [0.1, 0.15) is 11.5 Å². The maximum absolute atomic E-state index is 14.3. The molecule has 184 valence electrons. The first kappa shape index (κ1) is 25.5. The zero-order valence-electron chi connectivity index (χ0n) is 20.1. The van der Waals surface area contributed by atoms with Crippen LogP contribution in [0.1, 0.15) is 34.5 Å². The Bertz CT molecular complexity index is 1320. The van der Waals surface area contributed by atoms with Gasteiger partial charge in [0.15, 0.2) is 5.78 Å². The Morgan fingerprint density at radius 3 is 2.67 bits per heavy atom. The van der Waals surface area contributed by atoms with E-state index in [-0.39, 0.29) is 11.6 Å². The smallest absolute Gasteiger partial charge is 0.192 e. The summed E-state index contributed by atoms with van der Waals surface area (Å²) in [6.07, 6.45) is 6.54. The molecule has 1 heterocycles. The molecule has 3 N–H and O–H groups in total. The molecule has 0 saturated carbocycles. The third kappa shape index (κ3) is 5.64. The molecule has 0 radical (unpaired) electrons. The van der Waals surface area contributed by atoms with Crippen molar-refractivity contribution in [1.82, 2.24) is 9.71 Å². The Balaban J connectivity index is 1.90. The largest absolute Gasteiger partial charge is 0.404 e. The van der Waals surface area contributed by atoms with Gasteiger partial charge in [-0.05, 0) is 86.0 Å². The molecule has 0 bridgehead atoms. The highest BCUT2D eigenvalue weighted by molar-refractivity contribution is 7.78. The Morgan fingerprint density at radius 1 is 1.19 bits per heavy atom. The summed E-state index contributed by atoms with van der Waals surface area (Å²) in [4.78, 5) is 23.4. The van der Waals surface area contributed by atoms with Gasteiger partial charge in [0.05, 0.1) is 16.8 Å². The number of benzene rings is 2. The lowest BCUT2D eigenvalue weighted by Crippen LogP contribution is -2.41. The highest BCUT2D eigenvalue weighted by Gasteiger charge is 2.46. The number of aryl methyl sites for hydroxylation is 1. The van der Waals surface area contributed by atoms with Crippen LogP contribution in [0, 0.1) is 18.2 Å². The molecule has 0 aliphatic heterocycles. The predicted octanol–water partition coefficient (Wildman–Crippen LogP) is 5.71. The summed E-state index contributed by atoms with van der Waals surface area (Å²) in [6, 6.07) is 19.5. The van der Waals surface area contributed by atoms with Crippen molar-refractivity contribution in [2.24, 2.45) is 16.1 Å². The number of ketones is 1. The maximum Gasteiger partial charge on any atom is 0.192 e. The first-order valence-corrected chi connectivity index (χ1v) is 12.2. The number of aromatic nitrogens is 1. The van der Waals surface area contributed by atoms with Gasteiger partial charge >= 0.3 is 0 Å². The number of nitrogens with two attached hydrogens (primary N) is 1. The van der Waals surface area contributed by atoms with Crippen LogP contribution in [-0.2, 0) is 6.42 Å². The van der Waals surface area contributed by atoms with Crippen molar-refractivity contribution in [1.29, 1.82) is 0 Å². The first-order chi connectivity index (χ1) is 17.4. The minimum Gasteiger partial charge on any atom is -0.404 e. The zero-order chi connectivity index (χ0) is 25.5. The Labute approximate surface area is 216 Å². The highest BCUT2D eigenvalue weighted by Crippen LogP contribution is 2.46. The summed E-state index contributed by atoms with van der Waals surface area (Å²) < 4.78 is 16.4. The Hall–Kier alpha value is -3.55. The van der Waals surface area contributed by atoms with E-state index in [2.05, 4.69) is 28.6 Å². The standard InChI is InChI=1S/C29H29FN4OS/c1-20-5-4-6-21(15-20)17-29(28(35)26-7-2-3-13-32-26)18-22(19-31)27(16-23(29)12-14-33-36)34-25-10-8-24(30)9-11-25/h2-11,13,15-16,19,33,36H,12,14,17-18,31H2,1H3. The molecular weight excluding hydrogens is 471 g/mol. The molecule has 1 aromatic heterocycles. The van der Waals surface area contributed by atoms with E-state index in [4.69, 9.17) is 10.7 Å². The summed E-state index contributed by atoms with van der Waals surface area (Å²) in [6.45, 7) is 2.60. The van der Waals surface area contributed by atoms with Gasteiger partial charge in [0, 0.05) is 12.7 Å². The van der Waals surface area contributed by atoms with Crippen molar-refractivity contribution in [3.05, 3.63) is 119 Å². The third-order valence-corrected chi connectivity index (χ3v) is 6.67. The van der Waals surface area contributed by atoms with Crippen LogP contribution in [-0.4, -0.2) is 23.0 Å². The fraction of sp³-hybridized carbons (Fsp3) is 0.207. The highest BCUT2D eigenvalue weighted by atomic mass is 32.1. The molecule has 7 heteroatoms. The van der Waals surface area contributed by atoms with Gasteiger partial charge in [-0.1, -0.05) is 54.3 Å². The van der Waals surface area contributed by atoms with E-state index in [9.17, 15) is 9.18 Å². The molecule has 0 saturated heterocycles. The number of nitrogens with zero attached hydrogens (tertiary/aromatic N) is 2. The number of halogens is 1.